The zero-order chi connectivity index (χ0) is 21.8. The van der Waals surface area contributed by atoms with Crippen molar-refractivity contribution in [1.82, 2.24) is 14.1 Å². The number of hydrogen-bond donors (Lipinski definition) is 1. The molecule has 1 aromatic rings. The number of carbonyl (C=O) groups excluding carboxylic acids is 2. The molecule has 0 atom stereocenters. The van der Waals surface area contributed by atoms with Crippen LogP contribution in [0.5, 0.6) is 0 Å². The van der Waals surface area contributed by atoms with Gasteiger partial charge < -0.3 is 9.74 Å². The first-order chi connectivity index (χ1) is 13.4. The van der Waals surface area contributed by atoms with E-state index in [0.29, 0.717) is 22.4 Å². The van der Waals surface area contributed by atoms with Gasteiger partial charge in [0, 0.05) is 43.9 Å². The zero-order valence-corrected chi connectivity index (χ0v) is 16.7. The molecule has 1 aromatic carbocycles. The van der Waals surface area contributed by atoms with Gasteiger partial charge >= 0.3 is 12.1 Å². The number of amides is 1. The highest BCUT2D eigenvalue weighted by atomic mass is 35.5. The van der Waals surface area contributed by atoms with Crippen LogP contribution in [0.3, 0.4) is 0 Å². The average molecular weight is 459 g/mol. The van der Waals surface area contributed by atoms with Gasteiger partial charge in [-0.05, 0) is 24.3 Å². The van der Waals surface area contributed by atoms with Crippen LogP contribution >= 0.6 is 11.6 Å². The van der Waals surface area contributed by atoms with E-state index in [4.69, 9.17) is 11.6 Å². The summed E-state index contributed by atoms with van der Waals surface area (Å²) >= 11 is 5.84. The Morgan fingerprint density at radius 1 is 1.17 bits per heavy atom. The first-order valence-electron chi connectivity index (χ1n) is 8.20. The molecule has 1 saturated heterocycles. The van der Waals surface area contributed by atoms with Crippen LogP contribution in [0.1, 0.15) is 0 Å². The van der Waals surface area contributed by atoms with Crippen LogP contribution in [0, 0.1) is 0 Å². The van der Waals surface area contributed by atoms with Gasteiger partial charge in [0.05, 0.1) is 6.54 Å². The Balaban J connectivity index is 1.87. The van der Waals surface area contributed by atoms with Gasteiger partial charge in [0.25, 0.3) is 16.1 Å². The monoisotopic (exact) mass is 458 g/mol. The fraction of sp³-hybridized carbons (Fsp3) is 0.467. The second-order valence-electron chi connectivity index (χ2n) is 6.04. The van der Waals surface area contributed by atoms with E-state index in [9.17, 15) is 31.2 Å². The van der Waals surface area contributed by atoms with E-state index in [1.807, 2.05) is 17.0 Å². The van der Waals surface area contributed by atoms with Gasteiger partial charge in [0.1, 0.15) is 0 Å². The molecule has 9 nitrogen and oxygen atoms in total. The van der Waals surface area contributed by atoms with Crippen molar-refractivity contribution >= 4 is 39.4 Å². The normalized spacial score (nSPS) is 16.0. The predicted molar refractivity (Wildman–Crippen MR) is 97.1 cm³/mol. The summed E-state index contributed by atoms with van der Waals surface area (Å²) in [6.07, 6.45) is -5.28. The molecule has 29 heavy (non-hydrogen) atoms. The highest BCUT2D eigenvalue weighted by molar-refractivity contribution is 7.86. The summed E-state index contributed by atoms with van der Waals surface area (Å²) in [6, 6.07) is 7.06. The number of likely N-dealkylation sites (N-methyl/N-ethyl adjacent to an activating group) is 1. The third-order valence-corrected chi connectivity index (χ3v) is 6.19. The van der Waals surface area contributed by atoms with Crippen LogP contribution in [0.15, 0.2) is 24.3 Å². The maximum atomic E-state index is 12.6. The second-order valence-corrected chi connectivity index (χ2v) is 8.51. The molecule has 0 saturated carbocycles. The Bertz CT molecular complexity index is 843. The van der Waals surface area contributed by atoms with Crippen molar-refractivity contribution in [2.45, 2.75) is 6.18 Å². The van der Waals surface area contributed by atoms with Crippen LogP contribution in [0.25, 0.3) is 0 Å². The van der Waals surface area contributed by atoms with E-state index in [-0.39, 0.29) is 13.1 Å². The molecule has 0 radical (unpaired) electrons. The van der Waals surface area contributed by atoms with Crippen molar-refractivity contribution in [3.63, 3.8) is 0 Å². The third kappa shape index (κ3) is 6.19. The molecule has 1 fully saturated rings. The molecule has 0 spiro atoms. The number of nitrogens with zero attached hydrogens (tertiary/aromatic N) is 3. The van der Waals surface area contributed by atoms with E-state index < -0.39 is 34.8 Å². The molecule has 1 amide bonds. The maximum absolute atomic E-state index is 12.6. The fourth-order valence-electron chi connectivity index (χ4n) is 2.50. The van der Waals surface area contributed by atoms with Crippen LogP contribution in [-0.4, -0.2) is 74.9 Å². The lowest BCUT2D eigenvalue weighted by Gasteiger charge is -2.36. The molecule has 1 heterocycles. The summed E-state index contributed by atoms with van der Waals surface area (Å²) in [5.41, 5.74) is 2.16. The standard InChI is InChI=1S/C15H18ClF3N4O5S/c1-21(10-13(24)20-28-14(25)15(17,18)19)29(26,27)23-8-6-22(7-9-23)12-4-2-11(16)3-5-12/h2-5H,6-10H2,1H3,(H,20,24). The Labute approximate surface area is 170 Å². The number of rotatable bonds is 5. The molecule has 0 unspecified atom stereocenters. The summed E-state index contributed by atoms with van der Waals surface area (Å²) in [7, 11) is -2.95. The topological polar surface area (TPSA) is 99.3 Å². The summed E-state index contributed by atoms with van der Waals surface area (Å²) in [5, 5.41) is 0.579. The minimum Gasteiger partial charge on any atom is -0.369 e. The second kappa shape index (κ2) is 9.15. The SMILES string of the molecule is CN(CC(=O)NOC(=O)C(F)(F)F)S(=O)(=O)N1CCN(c2ccc(Cl)cc2)CC1. The number of alkyl halides is 3. The molecule has 1 N–H and O–H groups in total. The lowest BCUT2D eigenvalue weighted by atomic mass is 10.2. The van der Waals surface area contributed by atoms with Crippen LogP contribution in [-0.2, 0) is 24.6 Å². The number of halogens is 4. The largest absolute Gasteiger partial charge is 0.493 e. The fourth-order valence-corrected chi connectivity index (χ4v) is 3.93. The average Bonchev–Trinajstić information content (AvgIpc) is 2.66. The molecule has 1 aliphatic rings. The van der Waals surface area contributed by atoms with E-state index >= 15 is 0 Å². The Morgan fingerprint density at radius 3 is 2.24 bits per heavy atom. The number of benzene rings is 1. The first kappa shape index (κ1) is 23.2. The molecule has 2 rings (SSSR count). The first-order valence-corrected chi connectivity index (χ1v) is 9.97. The van der Waals surface area contributed by atoms with Crippen molar-refractivity contribution in [3.8, 4) is 0 Å². The Kier molecular flexibility index (Phi) is 7.32. The van der Waals surface area contributed by atoms with Gasteiger partial charge in [-0.1, -0.05) is 11.6 Å². The van der Waals surface area contributed by atoms with Crippen molar-refractivity contribution in [3.05, 3.63) is 29.3 Å². The molecular formula is C15H18ClF3N4O5S. The van der Waals surface area contributed by atoms with Crippen molar-refractivity contribution < 1.29 is 36.0 Å². The van der Waals surface area contributed by atoms with E-state index in [0.717, 1.165) is 17.0 Å². The van der Waals surface area contributed by atoms with E-state index in [2.05, 4.69) is 4.84 Å². The van der Waals surface area contributed by atoms with E-state index in [1.165, 1.54) is 5.48 Å². The maximum Gasteiger partial charge on any atom is 0.493 e. The zero-order valence-electron chi connectivity index (χ0n) is 15.1. The summed E-state index contributed by atoms with van der Waals surface area (Å²) < 4.78 is 63.0. The minimum atomic E-state index is -5.28. The van der Waals surface area contributed by atoms with Crippen LogP contribution in [0.4, 0.5) is 18.9 Å². The lowest BCUT2D eigenvalue weighted by Crippen LogP contribution is -2.53. The highest BCUT2D eigenvalue weighted by Crippen LogP contribution is 2.21. The van der Waals surface area contributed by atoms with Crippen LogP contribution < -0.4 is 10.4 Å². The smallest absolute Gasteiger partial charge is 0.369 e. The quantitative estimate of drug-likeness (QED) is 0.655. The number of anilines is 1. The van der Waals surface area contributed by atoms with Crippen molar-refractivity contribution in [2.75, 3.05) is 44.7 Å². The number of carbonyl (C=O) groups is 2. The van der Waals surface area contributed by atoms with Gasteiger partial charge in [-0.2, -0.15) is 35.7 Å². The molecule has 0 bridgehead atoms. The lowest BCUT2D eigenvalue weighted by molar-refractivity contribution is -0.207. The van der Waals surface area contributed by atoms with Gasteiger partial charge in [-0.3, -0.25) is 4.79 Å². The number of hydroxylamine groups is 1. The predicted octanol–water partition coefficient (Wildman–Crippen LogP) is 0.775. The number of hydrogen-bond acceptors (Lipinski definition) is 6. The van der Waals surface area contributed by atoms with E-state index in [1.54, 1.807) is 12.1 Å². The minimum absolute atomic E-state index is 0.139. The summed E-state index contributed by atoms with van der Waals surface area (Å²) in [6.45, 7) is 0.235. The third-order valence-electron chi connectivity index (χ3n) is 4.01. The molecule has 162 valence electrons. The Hall–Kier alpha value is -2.09. The van der Waals surface area contributed by atoms with Crippen LogP contribution in [0.2, 0.25) is 5.02 Å². The number of nitrogens with one attached hydrogen (secondary N) is 1. The van der Waals surface area contributed by atoms with Gasteiger partial charge in [-0.15, -0.1) is 0 Å². The number of piperazine rings is 1. The summed E-state index contributed by atoms with van der Waals surface area (Å²) in [4.78, 5) is 27.7. The van der Waals surface area contributed by atoms with Crippen molar-refractivity contribution in [1.29, 1.82) is 0 Å². The van der Waals surface area contributed by atoms with Crippen molar-refractivity contribution in [2.24, 2.45) is 0 Å². The highest BCUT2D eigenvalue weighted by Gasteiger charge is 2.42. The molecular weight excluding hydrogens is 441 g/mol. The van der Waals surface area contributed by atoms with Gasteiger partial charge in [0.2, 0.25) is 0 Å². The summed E-state index contributed by atoms with van der Waals surface area (Å²) in [5.74, 6) is -3.84. The molecule has 0 aromatic heterocycles. The van der Waals surface area contributed by atoms with Gasteiger partial charge in [-0.25, -0.2) is 4.79 Å². The molecule has 1 aliphatic heterocycles. The van der Waals surface area contributed by atoms with Gasteiger partial charge in [0.15, 0.2) is 0 Å². The molecule has 0 aliphatic carbocycles. The molecule has 14 heteroatoms. The Morgan fingerprint density at radius 2 is 1.72 bits per heavy atom.